The molecular weight excluding hydrogens is 372 g/mol. The van der Waals surface area contributed by atoms with E-state index in [1.54, 1.807) is 0 Å². The van der Waals surface area contributed by atoms with Crippen molar-refractivity contribution in [3.63, 3.8) is 0 Å². The first-order valence-electron chi connectivity index (χ1n) is 10.8. The highest BCUT2D eigenvalue weighted by molar-refractivity contribution is 6.14. The molecule has 1 aliphatic rings. The van der Waals surface area contributed by atoms with Crippen molar-refractivity contribution in [2.75, 3.05) is 6.61 Å². The van der Waals surface area contributed by atoms with Gasteiger partial charge in [0, 0.05) is 5.56 Å². The van der Waals surface area contributed by atoms with E-state index in [1.165, 1.54) is 16.7 Å². The van der Waals surface area contributed by atoms with E-state index in [1.807, 2.05) is 18.2 Å². The lowest BCUT2D eigenvalue weighted by Gasteiger charge is -2.44. The van der Waals surface area contributed by atoms with Crippen LogP contribution < -0.4 is 4.74 Å². The van der Waals surface area contributed by atoms with E-state index >= 15 is 0 Å². The van der Waals surface area contributed by atoms with Crippen LogP contribution in [0.5, 0.6) is 5.75 Å². The number of rotatable bonds is 6. The molecule has 1 N–H and O–H groups in total. The SMILES string of the molecule is C=C(C(=O)O)c1cccc(-c2cc(C)c(OCCC)c3c2C(C)(C)CCC3(C)C)c1. The van der Waals surface area contributed by atoms with Crippen LogP contribution in [0.4, 0.5) is 0 Å². The zero-order valence-electron chi connectivity index (χ0n) is 19.2. The first kappa shape index (κ1) is 22.1. The largest absolute Gasteiger partial charge is 0.493 e. The summed E-state index contributed by atoms with van der Waals surface area (Å²) in [5, 5.41) is 9.39. The van der Waals surface area contributed by atoms with E-state index in [0.29, 0.717) is 12.2 Å². The topological polar surface area (TPSA) is 46.5 Å². The Bertz CT molecular complexity index is 995. The molecular formula is C27H34O3. The molecule has 2 aromatic rings. The molecule has 0 aliphatic heterocycles. The van der Waals surface area contributed by atoms with Gasteiger partial charge >= 0.3 is 5.97 Å². The maximum absolute atomic E-state index is 11.5. The third-order valence-corrected chi connectivity index (χ3v) is 6.42. The van der Waals surface area contributed by atoms with E-state index in [-0.39, 0.29) is 16.4 Å². The monoisotopic (exact) mass is 406 g/mol. The van der Waals surface area contributed by atoms with Crippen LogP contribution in [0.15, 0.2) is 36.9 Å². The predicted molar refractivity (Wildman–Crippen MR) is 124 cm³/mol. The molecule has 3 rings (SSSR count). The number of benzene rings is 2. The Labute approximate surface area is 180 Å². The van der Waals surface area contributed by atoms with Gasteiger partial charge in [-0.1, -0.05) is 59.4 Å². The number of aryl methyl sites for hydroxylation is 1. The highest BCUT2D eigenvalue weighted by Crippen LogP contribution is 2.53. The number of carboxylic acids is 1. The van der Waals surface area contributed by atoms with Crippen LogP contribution in [-0.2, 0) is 15.6 Å². The van der Waals surface area contributed by atoms with Crippen molar-refractivity contribution in [3.05, 3.63) is 59.2 Å². The molecule has 30 heavy (non-hydrogen) atoms. The molecule has 2 aromatic carbocycles. The molecule has 0 amide bonds. The molecule has 1 aliphatic carbocycles. The number of ether oxygens (including phenoxy) is 1. The van der Waals surface area contributed by atoms with Crippen molar-refractivity contribution in [2.45, 2.75) is 71.6 Å². The van der Waals surface area contributed by atoms with Gasteiger partial charge in [0.05, 0.1) is 12.2 Å². The van der Waals surface area contributed by atoms with Crippen LogP contribution in [0.3, 0.4) is 0 Å². The number of carboxylic acid groups (broad SMARTS) is 1. The average molecular weight is 407 g/mol. The fraction of sp³-hybridized carbons (Fsp3) is 0.444. The molecule has 0 fully saturated rings. The van der Waals surface area contributed by atoms with Gasteiger partial charge < -0.3 is 9.84 Å². The average Bonchev–Trinajstić information content (AvgIpc) is 2.69. The molecule has 0 aromatic heterocycles. The van der Waals surface area contributed by atoms with Gasteiger partial charge in [-0.05, 0) is 77.0 Å². The van der Waals surface area contributed by atoms with Gasteiger partial charge in [0.1, 0.15) is 5.75 Å². The minimum absolute atomic E-state index is 0.00196. The van der Waals surface area contributed by atoms with Gasteiger partial charge in [-0.2, -0.15) is 0 Å². The maximum Gasteiger partial charge on any atom is 0.335 e. The number of hydrogen-bond acceptors (Lipinski definition) is 2. The van der Waals surface area contributed by atoms with E-state index in [2.05, 4.69) is 60.3 Å². The third kappa shape index (κ3) is 3.90. The van der Waals surface area contributed by atoms with Crippen LogP contribution in [-0.4, -0.2) is 17.7 Å². The Morgan fingerprint density at radius 3 is 2.33 bits per heavy atom. The molecule has 160 valence electrons. The molecule has 0 saturated heterocycles. The molecule has 3 nitrogen and oxygen atoms in total. The van der Waals surface area contributed by atoms with E-state index in [9.17, 15) is 9.90 Å². The third-order valence-electron chi connectivity index (χ3n) is 6.42. The summed E-state index contributed by atoms with van der Waals surface area (Å²) in [5.74, 6) is 0.0367. The van der Waals surface area contributed by atoms with E-state index in [0.717, 1.165) is 36.1 Å². The fourth-order valence-electron chi connectivity index (χ4n) is 4.64. The smallest absolute Gasteiger partial charge is 0.335 e. The van der Waals surface area contributed by atoms with Crippen molar-refractivity contribution in [1.82, 2.24) is 0 Å². The number of aliphatic carboxylic acids is 1. The Morgan fingerprint density at radius 1 is 1.10 bits per heavy atom. The molecule has 0 heterocycles. The van der Waals surface area contributed by atoms with Crippen molar-refractivity contribution >= 4 is 11.5 Å². The summed E-state index contributed by atoms with van der Waals surface area (Å²) in [6, 6.07) is 9.97. The van der Waals surface area contributed by atoms with Crippen LogP contribution in [0, 0.1) is 6.92 Å². The molecule has 0 saturated carbocycles. The Kier molecular flexibility index (Phi) is 5.86. The number of carbonyl (C=O) groups is 1. The van der Waals surface area contributed by atoms with Gasteiger partial charge in [-0.25, -0.2) is 4.79 Å². The summed E-state index contributed by atoms with van der Waals surface area (Å²) < 4.78 is 6.31. The van der Waals surface area contributed by atoms with Crippen molar-refractivity contribution in [1.29, 1.82) is 0 Å². The molecule has 3 heteroatoms. The molecule has 0 bridgehead atoms. The Hall–Kier alpha value is -2.55. The minimum atomic E-state index is -0.991. The molecule has 0 spiro atoms. The summed E-state index contributed by atoms with van der Waals surface area (Å²) >= 11 is 0. The van der Waals surface area contributed by atoms with Gasteiger partial charge in [0.2, 0.25) is 0 Å². The summed E-state index contributed by atoms with van der Waals surface area (Å²) in [6.45, 7) is 17.9. The lowest BCUT2D eigenvalue weighted by Crippen LogP contribution is -2.35. The number of hydrogen-bond donors (Lipinski definition) is 1. The fourth-order valence-corrected chi connectivity index (χ4v) is 4.64. The van der Waals surface area contributed by atoms with Crippen molar-refractivity contribution < 1.29 is 14.6 Å². The lowest BCUT2D eigenvalue weighted by molar-refractivity contribution is -0.130. The predicted octanol–water partition coefficient (Wildman–Crippen LogP) is 6.90. The zero-order valence-corrected chi connectivity index (χ0v) is 19.2. The second-order valence-electron chi connectivity index (χ2n) is 9.80. The summed E-state index contributed by atoms with van der Waals surface area (Å²) in [4.78, 5) is 11.5. The highest BCUT2D eigenvalue weighted by Gasteiger charge is 2.41. The van der Waals surface area contributed by atoms with Crippen LogP contribution in [0.25, 0.3) is 16.7 Å². The first-order chi connectivity index (χ1) is 14.0. The maximum atomic E-state index is 11.5. The highest BCUT2D eigenvalue weighted by atomic mass is 16.5. The summed E-state index contributed by atoms with van der Waals surface area (Å²) in [7, 11) is 0. The van der Waals surface area contributed by atoms with E-state index < -0.39 is 5.97 Å². The minimum Gasteiger partial charge on any atom is -0.493 e. The van der Waals surface area contributed by atoms with Gasteiger partial charge in [-0.3, -0.25) is 0 Å². The second-order valence-corrected chi connectivity index (χ2v) is 9.80. The Balaban J connectivity index is 2.32. The lowest BCUT2D eigenvalue weighted by atomic mass is 9.61. The van der Waals surface area contributed by atoms with Crippen molar-refractivity contribution in [3.8, 4) is 16.9 Å². The first-order valence-corrected chi connectivity index (χ1v) is 10.8. The quantitative estimate of drug-likeness (QED) is 0.531. The standard InChI is InChI=1S/C27H34O3/c1-8-14-30-24-17(2)15-21(20-11-9-10-19(16-20)18(3)25(28)29)22-23(24)27(6,7)13-12-26(22,4)5/h9-11,15-16H,3,8,12-14H2,1-2,4-7H3,(H,28,29). The Morgan fingerprint density at radius 2 is 1.73 bits per heavy atom. The summed E-state index contributed by atoms with van der Waals surface area (Å²) in [6.07, 6.45) is 3.17. The number of fused-ring (bicyclic) bond motifs is 1. The molecule has 0 radical (unpaired) electrons. The molecule has 0 unspecified atom stereocenters. The second kappa shape index (κ2) is 7.94. The van der Waals surface area contributed by atoms with Gasteiger partial charge in [0.25, 0.3) is 0 Å². The van der Waals surface area contributed by atoms with E-state index in [4.69, 9.17) is 4.74 Å². The molecule has 0 atom stereocenters. The van der Waals surface area contributed by atoms with Crippen LogP contribution in [0.1, 0.15) is 76.1 Å². The summed E-state index contributed by atoms with van der Waals surface area (Å²) in [5.41, 5.74) is 6.74. The van der Waals surface area contributed by atoms with Gasteiger partial charge in [0.15, 0.2) is 0 Å². The normalized spacial score (nSPS) is 16.6. The zero-order chi connectivity index (χ0) is 22.3. The van der Waals surface area contributed by atoms with Crippen molar-refractivity contribution in [2.24, 2.45) is 0 Å². The van der Waals surface area contributed by atoms with Gasteiger partial charge in [-0.15, -0.1) is 0 Å². The van der Waals surface area contributed by atoms with Crippen LogP contribution in [0.2, 0.25) is 0 Å². The van der Waals surface area contributed by atoms with Crippen LogP contribution >= 0.6 is 0 Å².